The lowest BCUT2D eigenvalue weighted by molar-refractivity contribution is 0.143. The molecular weight excluding hydrogens is 266 g/mol. The van der Waals surface area contributed by atoms with Gasteiger partial charge in [-0.2, -0.15) is 0 Å². The number of thiophene rings is 1. The standard InChI is InChI=1S/C17H23NOS/c1-13(2)15(12-19-3)18-17(16-10-7-11-20-16)14-8-5-4-6-9-14/h4-11,13,15,17-18H,12H2,1-3H3. The molecule has 0 aliphatic rings. The van der Waals surface area contributed by atoms with Crippen LogP contribution in [0.25, 0.3) is 0 Å². The molecule has 0 aliphatic heterocycles. The summed E-state index contributed by atoms with van der Waals surface area (Å²) in [5, 5.41) is 5.89. The summed E-state index contributed by atoms with van der Waals surface area (Å²) in [6.45, 7) is 5.19. The van der Waals surface area contributed by atoms with E-state index in [-0.39, 0.29) is 6.04 Å². The average Bonchev–Trinajstić information content (AvgIpc) is 2.98. The Balaban J connectivity index is 2.23. The summed E-state index contributed by atoms with van der Waals surface area (Å²) >= 11 is 1.79. The smallest absolute Gasteiger partial charge is 0.0674 e. The molecule has 2 unspecified atom stereocenters. The second-order valence-electron chi connectivity index (χ2n) is 5.33. The monoisotopic (exact) mass is 289 g/mol. The minimum absolute atomic E-state index is 0.235. The normalized spacial score (nSPS) is 14.4. The predicted molar refractivity (Wildman–Crippen MR) is 86.2 cm³/mol. The van der Waals surface area contributed by atoms with Crippen LogP contribution < -0.4 is 5.32 Å². The topological polar surface area (TPSA) is 21.3 Å². The van der Waals surface area contributed by atoms with Crippen molar-refractivity contribution in [3.8, 4) is 0 Å². The molecule has 2 nitrogen and oxygen atoms in total. The van der Waals surface area contributed by atoms with Gasteiger partial charge in [0.2, 0.25) is 0 Å². The third kappa shape index (κ3) is 3.92. The van der Waals surface area contributed by atoms with Gasteiger partial charge in [-0.25, -0.2) is 0 Å². The fraction of sp³-hybridized carbons (Fsp3) is 0.412. The molecule has 1 N–H and O–H groups in total. The molecule has 1 aromatic heterocycles. The molecule has 3 heteroatoms. The van der Waals surface area contributed by atoms with Crippen molar-refractivity contribution < 1.29 is 4.74 Å². The zero-order valence-corrected chi connectivity index (χ0v) is 13.2. The molecule has 0 amide bonds. The van der Waals surface area contributed by atoms with Crippen LogP contribution in [-0.4, -0.2) is 19.8 Å². The second-order valence-corrected chi connectivity index (χ2v) is 6.31. The molecule has 108 valence electrons. The lowest BCUT2D eigenvalue weighted by Crippen LogP contribution is -2.40. The van der Waals surface area contributed by atoms with Crippen molar-refractivity contribution in [1.82, 2.24) is 5.32 Å². The van der Waals surface area contributed by atoms with E-state index in [0.29, 0.717) is 12.0 Å². The Morgan fingerprint density at radius 3 is 2.40 bits per heavy atom. The zero-order valence-electron chi connectivity index (χ0n) is 12.4. The Labute approximate surface area is 125 Å². The van der Waals surface area contributed by atoms with Crippen LogP contribution in [0.1, 0.15) is 30.3 Å². The predicted octanol–water partition coefficient (Wildman–Crippen LogP) is 4.10. The highest BCUT2D eigenvalue weighted by atomic mass is 32.1. The number of hydrogen-bond donors (Lipinski definition) is 1. The average molecular weight is 289 g/mol. The molecule has 0 fully saturated rings. The van der Waals surface area contributed by atoms with Crippen LogP contribution in [0.4, 0.5) is 0 Å². The van der Waals surface area contributed by atoms with E-state index in [9.17, 15) is 0 Å². The fourth-order valence-corrected chi connectivity index (χ4v) is 3.08. The Bertz CT molecular complexity index is 481. The summed E-state index contributed by atoms with van der Waals surface area (Å²) in [6, 6.07) is 15.5. The Morgan fingerprint density at radius 2 is 1.85 bits per heavy atom. The Morgan fingerprint density at radius 1 is 1.10 bits per heavy atom. The van der Waals surface area contributed by atoms with Crippen LogP contribution in [-0.2, 0) is 4.74 Å². The summed E-state index contributed by atoms with van der Waals surface area (Å²) in [4.78, 5) is 1.35. The van der Waals surface area contributed by atoms with Crippen LogP contribution in [0.2, 0.25) is 0 Å². The molecule has 2 aromatic rings. The van der Waals surface area contributed by atoms with Gasteiger partial charge in [0.1, 0.15) is 0 Å². The molecule has 0 radical (unpaired) electrons. The molecule has 2 atom stereocenters. The maximum absolute atomic E-state index is 5.36. The van der Waals surface area contributed by atoms with E-state index in [2.05, 4.69) is 67.0 Å². The SMILES string of the molecule is COCC(NC(c1ccccc1)c1cccs1)C(C)C. The third-order valence-electron chi connectivity index (χ3n) is 3.49. The third-order valence-corrected chi connectivity index (χ3v) is 4.43. The minimum atomic E-state index is 0.235. The molecule has 0 aliphatic carbocycles. The summed E-state index contributed by atoms with van der Waals surface area (Å²) in [6.07, 6.45) is 0. The number of nitrogens with one attached hydrogen (secondary N) is 1. The summed E-state index contributed by atoms with van der Waals surface area (Å²) < 4.78 is 5.36. The first kappa shape index (κ1) is 15.2. The largest absolute Gasteiger partial charge is 0.383 e. The van der Waals surface area contributed by atoms with Crippen molar-refractivity contribution in [2.24, 2.45) is 5.92 Å². The highest BCUT2D eigenvalue weighted by Crippen LogP contribution is 2.27. The van der Waals surface area contributed by atoms with Crippen molar-refractivity contribution in [3.63, 3.8) is 0 Å². The first-order valence-electron chi connectivity index (χ1n) is 7.05. The number of ether oxygens (including phenoxy) is 1. The molecule has 0 saturated carbocycles. The number of hydrogen-bond acceptors (Lipinski definition) is 3. The maximum Gasteiger partial charge on any atom is 0.0674 e. The lowest BCUT2D eigenvalue weighted by Gasteiger charge is -2.28. The van der Waals surface area contributed by atoms with Gasteiger partial charge < -0.3 is 10.1 Å². The van der Waals surface area contributed by atoms with Gasteiger partial charge in [-0.3, -0.25) is 0 Å². The molecule has 0 saturated heterocycles. The van der Waals surface area contributed by atoms with Gasteiger partial charge in [-0.1, -0.05) is 50.2 Å². The van der Waals surface area contributed by atoms with E-state index >= 15 is 0 Å². The molecule has 2 rings (SSSR count). The van der Waals surface area contributed by atoms with Crippen molar-refractivity contribution in [2.75, 3.05) is 13.7 Å². The zero-order chi connectivity index (χ0) is 14.4. The number of rotatable bonds is 7. The van der Waals surface area contributed by atoms with Crippen LogP contribution in [0.15, 0.2) is 47.8 Å². The van der Waals surface area contributed by atoms with Crippen molar-refractivity contribution >= 4 is 11.3 Å². The Kier molecular flexibility index (Phi) is 5.77. The molecule has 20 heavy (non-hydrogen) atoms. The minimum Gasteiger partial charge on any atom is -0.383 e. The van der Waals surface area contributed by atoms with Crippen LogP contribution in [0.3, 0.4) is 0 Å². The highest BCUT2D eigenvalue weighted by Gasteiger charge is 2.21. The first-order valence-corrected chi connectivity index (χ1v) is 7.93. The molecule has 1 aromatic carbocycles. The van der Waals surface area contributed by atoms with E-state index in [1.54, 1.807) is 18.4 Å². The van der Waals surface area contributed by atoms with Gasteiger partial charge >= 0.3 is 0 Å². The van der Waals surface area contributed by atoms with E-state index < -0.39 is 0 Å². The van der Waals surface area contributed by atoms with Crippen molar-refractivity contribution in [1.29, 1.82) is 0 Å². The maximum atomic E-state index is 5.36. The van der Waals surface area contributed by atoms with Gasteiger partial charge in [0, 0.05) is 18.0 Å². The van der Waals surface area contributed by atoms with Crippen LogP contribution in [0.5, 0.6) is 0 Å². The van der Waals surface area contributed by atoms with E-state index in [1.165, 1.54) is 10.4 Å². The molecule has 0 bridgehead atoms. The van der Waals surface area contributed by atoms with Crippen LogP contribution >= 0.6 is 11.3 Å². The van der Waals surface area contributed by atoms with E-state index in [1.807, 2.05) is 0 Å². The lowest BCUT2D eigenvalue weighted by atomic mass is 10.00. The first-order chi connectivity index (χ1) is 9.72. The fourth-order valence-electron chi connectivity index (χ4n) is 2.27. The quantitative estimate of drug-likeness (QED) is 0.828. The van der Waals surface area contributed by atoms with Gasteiger partial charge in [-0.05, 0) is 22.9 Å². The van der Waals surface area contributed by atoms with Gasteiger partial charge in [0.25, 0.3) is 0 Å². The van der Waals surface area contributed by atoms with E-state index in [0.717, 1.165) is 6.61 Å². The second kappa shape index (κ2) is 7.58. The van der Waals surface area contributed by atoms with Gasteiger partial charge in [-0.15, -0.1) is 11.3 Å². The number of methoxy groups -OCH3 is 1. The highest BCUT2D eigenvalue weighted by molar-refractivity contribution is 7.10. The molecule has 0 spiro atoms. The summed E-state index contributed by atoms with van der Waals surface area (Å²) in [5.41, 5.74) is 1.30. The van der Waals surface area contributed by atoms with Gasteiger partial charge in [0.15, 0.2) is 0 Å². The molecular formula is C17H23NOS. The van der Waals surface area contributed by atoms with E-state index in [4.69, 9.17) is 4.74 Å². The van der Waals surface area contributed by atoms with Gasteiger partial charge in [0.05, 0.1) is 12.6 Å². The molecule has 1 heterocycles. The number of benzene rings is 1. The summed E-state index contributed by atoms with van der Waals surface area (Å²) in [7, 11) is 1.76. The van der Waals surface area contributed by atoms with Crippen LogP contribution in [0, 0.1) is 5.92 Å². The Hall–Kier alpha value is -1.16. The van der Waals surface area contributed by atoms with Crippen molar-refractivity contribution in [3.05, 3.63) is 58.3 Å². The summed E-state index contributed by atoms with van der Waals surface area (Å²) in [5.74, 6) is 0.529. The van der Waals surface area contributed by atoms with Crippen molar-refractivity contribution in [2.45, 2.75) is 25.9 Å².